The molecular weight excluding hydrogens is 476 g/mol. The summed E-state index contributed by atoms with van der Waals surface area (Å²) < 4.78 is 7.11. The molecule has 0 saturated carbocycles. The number of ether oxygens (including phenoxy) is 1. The lowest BCUT2D eigenvalue weighted by Crippen LogP contribution is -2.41. The molecule has 0 radical (unpaired) electrons. The Morgan fingerprint density at radius 2 is 1.78 bits per heavy atom. The second kappa shape index (κ2) is 10.3. The highest BCUT2D eigenvalue weighted by Gasteiger charge is 2.35. The zero-order valence-electron chi connectivity index (χ0n) is 19.5. The van der Waals surface area contributed by atoms with Gasteiger partial charge in [0.1, 0.15) is 18.5 Å². The molecule has 1 saturated heterocycles. The van der Waals surface area contributed by atoms with Gasteiger partial charge in [0.05, 0.1) is 11.4 Å². The van der Waals surface area contributed by atoms with Gasteiger partial charge in [-0.25, -0.2) is 9.48 Å². The molecule has 1 aliphatic rings. The van der Waals surface area contributed by atoms with E-state index in [0.29, 0.717) is 35.1 Å². The van der Waals surface area contributed by atoms with E-state index in [1.54, 1.807) is 46.0 Å². The molecule has 7 nitrogen and oxygen atoms in total. The quantitative estimate of drug-likeness (QED) is 0.371. The maximum Gasteiger partial charge on any atom is 0.329 e. The van der Waals surface area contributed by atoms with Crippen LogP contribution in [0, 0.1) is 0 Å². The number of esters is 1. The predicted molar refractivity (Wildman–Crippen MR) is 139 cm³/mol. The molecule has 1 fully saturated rings. The minimum Gasteiger partial charge on any atom is -0.459 e. The lowest BCUT2D eigenvalue weighted by molar-refractivity contribution is -0.149. The van der Waals surface area contributed by atoms with Crippen LogP contribution in [0.4, 0.5) is 5.82 Å². The third-order valence-corrected chi connectivity index (χ3v) is 6.46. The maximum absolute atomic E-state index is 13.2. The van der Waals surface area contributed by atoms with Gasteiger partial charge in [-0.1, -0.05) is 54.1 Å². The van der Waals surface area contributed by atoms with Gasteiger partial charge in [0, 0.05) is 28.8 Å². The fraction of sp³-hybridized carbons (Fsp3) is 0.179. The Bertz CT molecular complexity index is 1390. The summed E-state index contributed by atoms with van der Waals surface area (Å²) in [5, 5.41) is 5.22. The summed E-state index contributed by atoms with van der Waals surface area (Å²) >= 11 is 6.10. The van der Waals surface area contributed by atoms with Gasteiger partial charge in [-0.05, 0) is 54.8 Å². The molecule has 0 aliphatic carbocycles. The SMILES string of the molecule is Nc1cc(-c2cccc(Cl)c2)nn1-c1ccc(C(=O)N2CCC[C@H]2C(=O)OCc2ccccc2)cc1. The summed E-state index contributed by atoms with van der Waals surface area (Å²) in [6.07, 6.45) is 1.35. The molecule has 1 amide bonds. The smallest absolute Gasteiger partial charge is 0.329 e. The van der Waals surface area contributed by atoms with Crippen molar-refractivity contribution < 1.29 is 14.3 Å². The molecule has 1 aliphatic heterocycles. The van der Waals surface area contributed by atoms with Crippen LogP contribution >= 0.6 is 11.6 Å². The standard InChI is InChI=1S/C28H25ClN4O3/c29-22-9-4-8-21(16-22)24-17-26(30)33(31-24)23-13-11-20(12-14-23)27(34)32-15-5-10-25(32)28(35)36-18-19-6-2-1-3-7-19/h1-4,6-9,11-14,16-17,25H,5,10,15,18,30H2/t25-/m0/s1. The molecular formula is C28H25ClN4O3. The van der Waals surface area contributed by atoms with Crippen LogP contribution in [-0.2, 0) is 16.1 Å². The van der Waals surface area contributed by atoms with Crippen LogP contribution < -0.4 is 5.73 Å². The van der Waals surface area contributed by atoms with Crippen molar-refractivity contribution in [3.63, 3.8) is 0 Å². The molecule has 2 N–H and O–H groups in total. The van der Waals surface area contributed by atoms with Gasteiger partial charge >= 0.3 is 5.97 Å². The van der Waals surface area contributed by atoms with E-state index in [0.717, 1.165) is 23.2 Å². The number of hydrogen-bond donors (Lipinski definition) is 1. The second-order valence-corrected chi connectivity index (χ2v) is 9.11. The fourth-order valence-electron chi connectivity index (χ4n) is 4.38. The minimum absolute atomic E-state index is 0.190. The first-order valence-corrected chi connectivity index (χ1v) is 12.1. The number of carbonyl (C=O) groups is 2. The van der Waals surface area contributed by atoms with Crippen LogP contribution in [0.15, 0.2) is 84.9 Å². The second-order valence-electron chi connectivity index (χ2n) is 8.67. The Morgan fingerprint density at radius 3 is 2.53 bits per heavy atom. The van der Waals surface area contributed by atoms with Crippen LogP contribution in [0.3, 0.4) is 0 Å². The number of carbonyl (C=O) groups excluding carboxylic acids is 2. The summed E-state index contributed by atoms with van der Waals surface area (Å²) in [7, 11) is 0. The predicted octanol–water partition coefficient (Wildman–Crippen LogP) is 5.12. The summed E-state index contributed by atoms with van der Waals surface area (Å²) in [6.45, 7) is 0.705. The van der Waals surface area contributed by atoms with Gasteiger partial charge in [-0.15, -0.1) is 0 Å². The molecule has 3 aromatic carbocycles. The Morgan fingerprint density at radius 1 is 1.00 bits per heavy atom. The van der Waals surface area contributed by atoms with Gasteiger partial charge in [-0.3, -0.25) is 4.79 Å². The minimum atomic E-state index is -0.581. The van der Waals surface area contributed by atoms with Gasteiger partial charge in [0.15, 0.2) is 0 Å². The lowest BCUT2D eigenvalue weighted by Gasteiger charge is -2.23. The number of rotatable bonds is 6. The monoisotopic (exact) mass is 500 g/mol. The third-order valence-electron chi connectivity index (χ3n) is 6.23. The van der Waals surface area contributed by atoms with Gasteiger partial charge in [-0.2, -0.15) is 5.10 Å². The van der Waals surface area contributed by atoms with Crippen LogP contribution in [0.2, 0.25) is 5.02 Å². The topological polar surface area (TPSA) is 90.5 Å². The molecule has 1 aromatic heterocycles. The Kier molecular flexibility index (Phi) is 6.73. The summed E-state index contributed by atoms with van der Waals surface area (Å²) in [5.74, 6) is -0.113. The molecule has 8 heteroatoms. The Hall–Kier alpha value is -4.10. The van der Waals surface area contributed by atoms with E-state index in [2.05, 4.69) is 5.10 Å². The molecule has 0 spiro atoms. The average Bonchev–Trinajstić information content (AvgIpc) is 3.55. The van der Waals surface area contributed by atoms with E-state index in [1.165, 1.54) is 0 Å². The van der Waals surface area contributed by atoms with Gasteiger partial charge in [0.2, 0.25) is 0 Å². The highest BCUT2D eigenvalue weighted by molar-refractivity contribution is 6.30. The van der Waals surface area contributed by atoms with E-state index in [9.17, 15) is 9.59 Å². The number of nitrogens with zero attached hydrogens (tertiary/aromatic N) is 3. The number of nitrogen functional groups attached to an aromatic ring is 1. The number of halogens is 1. The third kappa shape index (κ3) is 4.97. The lowest BCUT2D eigenvalue weighted by atomic mass is 10.1. The van der Waals surface area contributed by atoms with E-state index in [4.69, 9.17) is 22.1 Å². The van der Waals surface area contributed by atoms with Crippen LogP contribution in [0.5, 0.6) is 0 Å². The number of hydrogen-bond acceptors (Lipinski definition) is 5. The van der Waals surface area contributed by atoms with Crippen LogP contribution in [0.1, 0.15) is 28.8 Å². The van der Waals surface area contributed by atoms with E-state index in [1.807, 2.05) is 48.5 Å². The number of amides is 1. The number of benzene rings is 3. The molecule has 182 valence electrons. The maximum atomic E-state index is 13.2. The average molecular weight is 501 g/mol. The normalized spacial score (nSPS) is 15.1. The van der Waals surface area contributed by atoms with Crippen LogP contribution in [0.25, 0.3) is 16.9 Å². The Balaban J connectivity index is 1.28. The molecule has 0 unspecified atom stereocenters. The summed E-state index contributed by atoms with van der Waals surface area (Å²) in [6, 6.07) is 25.1. The molecule has 36 heavy (non-hydrogen) atoms. The molecule has 0 bridgehead atoms. The first kappa shape index (κ1) is 23.6. The number of anilines is 1. The first-order valence-electron chi connectivity index (χ1n) is 11.7. The number of likely N-dealkylation sites (tertiary alicyclic amines) is 1. The Labute approximate surface area is 214 Å². The zero-order chi connectivity index (χ0) is 25.1. The van der Waals surface area contributed by atoms with Crippen molar-refractivity contribution in [3.8, 4) is 16.9 Å². The van der Waals surface area contributed by atoms with Gasteiger partial charge < -0.3 is 15.4 Å². The molecule has 2 heterocycles. The molecule has 1 atom stereocenters. The summed E-state index contributed by atoms with van der Waals surface area (Å²) in [4.78, 5) is 27.6. The highest BCUT2D eigenvalue weighted by Crippen LogP contribution is 2.26. The number of aromatic nitrogens is 2. The van der Waals surface area contributed by atoms with Crippen molar-refractivity contribution in [2.24, 2.45) is 0 Å². The fourth-order valence-corrected chi connectivity index (χ4v) is 4.57. The van der Waals surface area contributed by atoms with Crippen molar-refractivity contribution in [3.05, 3.63) is 101 Å². The van der Waals surface area contributed by atoms with Crippen molar-refractivity contribution in [1.29, 1.82) is 0 Å². The zero-order valence-corrected chi connectivity index (χ0v) is 20.3. The molecule has 5 rings (SSSR count). The summed E-state index contributed by atoms with van der Waals surface area (Å²) in [5.41, 5.74) is 9.89. The first-order chi connectivity index (χ1) is 17.5. The van der Waals surface area contributed by atoms with Crippen molar-refractivity contribution in [1.82, 2.24) is 14.7 Å². The van der Waals surface area contributed by atoms with Crippen LogP contribution in [-0.4, -0.2) is 39.1 Å². The van der Waals surface area contributed by atoms with E-state index in [-0.39, 0.29) is 18.5 Å². The van der Waals surface area contributed by atoms with E-state index < -0.39 is 6.04 Å². The van der Waals surface area contributed by atoms with Crippen molar-refractivity contribution in [2.75, 3.05) is 12.3 Å². The molecule has 4 aromatic rings. The number of nitrogens with two attached hydrogens (primary N) is 1. The largest absolute Gasteiger partial charge is 0.459 e. The van der Waals surface area contributed by atoms with Crippen molar-refractivity contribution in [2.45, 2.75) is 25.5 Å². The van der Waals surface area contributed by atoms with Crippen molar-refractivity contribution >= 4 is 29.3 Å². The highest BCUT2D eigenvalue weighted by atomic mass is 35.5. The van der Waals surface area contributed by atoms with E-state index >= 15 is 0 Å². The van der Waals surface area contributed by atoms with Gasteiger partial charge in [0.25, 0.3) is 5.91 Å².